The van der Waals surface area contributed by atoms with E-state index >= 15 is 0 Å². The van der Waals surface area contributed by atoms with E-state index < -0.39 is 11.7 Å². The average molecular weight is 547 g/mol. The van der Waals surface area contributed by atoms with Crippen molar-refractivity contribution in [3.8, 4) is 5.75 Å². The second-order valence-electron chi connectivity index (χ2n) is 9.61. The molecule has 37 heavy (non-hydrogen) atoms. The van der Waals surface area contributed by atoms with Crippen molar-refractivity contribution < 1.29 is 22.7 Å². The zero-order valence-electron chi connectivity index (χ0n) is 20.2. The Labute approximate surface area is 223 Å². The number of ether oxygens (including phenoxy) is 1. The Bertz CT molecular complexity index is 1250. The number of fused-ring (bicyclic) bond motifs is 2. The molecular weight excluding hydrogens is 521 g/mol. The summed E-state index contributed by atoms with van der Waals surface area (Å²) in [6.45, 7) is 2.00. The molecule has 2 saturated heterocycles. The number of benzene rings is 2. The Balaban J connectivity index is 1.18. The first-order valence-electron chi connectivity index (χ1n) is 12.2. The van der Waals surface area contributed by atoms with Crippen molar-refractivity contribution in [3.05, 3.63) is 88.1 Å². The third kappa shape index (κ3) is 5.91. The van der Waals surface area contributed by atoms with E-state index in [2.05, 4.69) is 4.98 Å². The molecule has 9 heteroatoms. The van der Waals surface area contributed by atoms with Crippen LogP contribution in [-0.4, -0.2) is 34.0 Å². The van der Waals surface area contributed by atoms with Gasteiger partial charge in [0.2, 0.25) is 0 Å². The van der Waals surface area contributed by atoms with E-state index in [-0.39, 0.29) is 24.1 Å². The van der Waals surface area contributed by atoms with E-state index in [4.69, 9.17) is 16.3 Å². The van der Waals surface area contributed by atoms with E-state index in [1.165, 1.54) is 17.8 Å². The molecule has 194 valence electrons. The van der Waals surface area contributed by atoms with Gasteiger partial charge in [0.25, 0.3) is 5.91 Å². The summed E-state index contributed by atoms with van der Waals surface area (Å²) in [5.41, 5.74) is 1.93. The SMILES string of the molecule is Cc1ccc(Cl)c(OC2CC3CCC(C2)N3C(=O)c2ccc(CSc3ccc(C(F)(F)F)cn3)cc2)c1. The number of hydrogen-bond donors (Lipinski definition) is 0. The van der Waals surface area contributed by atoms with Gasteiger partial charge in [0.15, 0.2) is 0 Å². The number of alkyl halides is 3. The molecule has 5 rings (SSSR count). The molecule has 3 heterocycles. The van der Waals surface area contributed by atoms with Gasteiger partial charge in [-0.25, -0.2) is 4.98 Å². The highest BCUT2D eigenvalue weighted by molar-refractivity contribution is 7.98. The van der Waals surface area contributed by atoms with Crippen molar-refractivity contribution in [2.45, 2.75) is 67.7 Å². The van der Waals surface area contributed by atoms with Gasteiger partial charge in [-0.1, -0.05) is 29.8 Å². The van der Waals surface area contributed by atoms with E-state index in [0.717, 1.165) is 49.1 Å². The zero-order chi connectivity index (χ0) is 26.2. The molecule has 1 amide bonds. The maximum Gasteiger partial charge on any atom is 0.417 e. The molecule has 0 N–H and O–H groups in total. The fraction of sp³-hybridized carbons (Fsp3) is 0.357. The van der Waals surface area contributed by atoms with Gasteiger partial charge in [0.1, 0.15) is 11.9 Å². The number of aryl methyl sites for hydroxylation is 1. The van der Waals surface area contributed by atoms with E-state index in [9.17, 15) is 18.0 Å². The monoisotopic (exact) mass is 546 g/mol. The van der Waals surface area contributed by atoms with Crippen molar-refractivity contribution in [1.29, 1.82) is 0 Å². The second-order valence-corrected chi connectivity index (χ2v) is 11.0. The van der Waals surface area contributed by atoms with Gasteiger partial charge in [0, 0.05) is 42.4 Å². The van der Waals surface area contributed by atoms with Crippen LogP contribution >= 0.6 is 23.4 Å². The van der Waals surface area contributed by atoms with Crippen molar-refractivity contribution in [1.82, 2.24) is 9.88 Å². The van der Waals surface area contributed by atoms with Crippen LogP contribution in [0.25, 0.3) is 0 Å². The minimum absolute atomic E-state index is 0.0269. The van der Waals surface area contributed by atoms with E-state index in [1.54, 1.807) is 0 Å². The van der Waals surface area contributed by atoms with Crippen molar-refractivity contribution >= 4 is 29.3 Å². The summed E-state index contributed by atoms with van der Waals surface area (Å²) in [5.74, 6) is 1.27. The number of hydrogen-bond acceptors (Lipinski definition) is 4. The minimum Gasteiger partial charge on any atom is -0.489 e. The van der Waals surface area contributed by atoms with Crippen molar-refractivity contribution in [2.24, 2.45) is 0 Å². The maximum atomic E-state index is 13.4. The van der Waals surface area contributed by atoms with Crippen LogP contribution in [-0.2, 0) is 11.9 Å². The standard InChI is InChI=1S/C28H26ClF3N2O2S/c1-17-2-10-24(29)25(12-17)36-23-13-21-8-9-22(14-23)34(21)27(35)19-5-3-18(4-6-19)16-37-26-11-7-20(15-33-26)28(30,31)32/h2-7,10-12,15,21-23H,8-9,13-14,16H2,1H3. The fourth-order valence-electron chi connectivity index (χ4n) is 5.12. The highest BCUT2D eigenvalue weighted by Gasteiger charge is 2.44. The van der Waals surface area contributed by atoms with Gasteiger partial charge >= 0.3 is 6.18 Å². The molecule has 2 fully saturated rings. The molecular formula is C28H26ClF3N2O2S. The first-order valence-corrected chi connectivity index (χ1v) is 13.5. The summed E-state index contributed by atoms with van der Waals surface area (Å²) >= 11 is 7.67. The number of pyridine rings is 1. The van der Waals surface area contributed by atoms with Crippen LogP contribution in [0.1, 0.15) is 52.7 Å². The van der Waals surface area contributed by atoms with Gasteiger partial charge in [-0.15, -0.1) is 11.8 Å². The van der Waals surface area contributed by atoms with Gasteiger partial charge < -0.3 is 9.64 Å². The minimum atomic E-state index is -4.39. The highest BCUT2D eigenvalue weighted by atomic mass is 35.5. The van der Waals surface area contributed by atoms with Crippen LogP contribution in [0.4, 0.5) is 13.2 Å². The van der Waals surface area contributed by atoms with Crippen molar-refractivity contribution in [2.75, 3.05) is 0 Å². The molecule has 2 aliphatic rings. The van der Waals surface area contributed by atoms with Gasteiger partial charge in [-0.2, -0.15) is 13.2 Å². The topological polar surface area (TPSA) is 42.4 Å². The molecule has 2 aromatic carbocycles. The second kappa shape index (κ2) is 10.6. The zero-order valence-corrected chi connectivity index (χ0v) is 21.7. The summed E-state index contributed by atoms with van der Waals surface area (Å²) in [5, 5.41) is 1.12. The molecule has 2 unspecified atom stereocenters. The Morgan fingerprint density at radius 2 is 1.78 bits per heavy atom. The molecule has 2 bridgehead atoms. The first-order chi connectivity index (χ1) is 17.7. The lowest BCUT2D eigenvalue weighted by molar-refractivity contribution is -0.137. The highest BCUT2D eigenvalue weighted by Crippen LogP contribution is 2.39. The average Bonchev–Trinajstić information content (AvgIpc) is 3.14. The number of amides is 1. The van der Waals surface area contributed by atoms with Crippen LogP contribution in [0.3, 0.4) is 0 Å². The van der Waals surface area contributed by atoms with Crippen LogP contribution < -0.4 is 4.74 Å². The lowest BCUT2D eigenvalue weighted by Crippen LogP contribution is -2.49. The molecule has 0 saturated carbocycles. The summed E-state index contributed by atoms with van der Waals surface area (Å²) in [6.07, 6.45) is -0.0294. The number of carbonyl (C=O) groups excluding carboxylic acids is 1. The van der Waals surface area contributed by atoms with Crippen LogP contribution in [0, 0.1) is 6.92 Å². The molecule has 4 nitrogen and oxygen atoms in total. The lowest BCUT2D eigenvalue weighted by Gasteiger charge is -2.39. The van der Waals surface area contributed by atoms with Crippen LogP contribution in [0.15, 0.2) is 65.8 Å². The molecule has 0 spiro atoms. The molecule has 1 aromatic heterocycles. The number of rotatable bonds is 6. The summed E-state index contributed by atoms with van der Waals surface area (Å²) in [7, 11) is 0. The maximum absolute atomic E-state index is 13.4. The Morgan fingerprint density at radius 3 is 2.41 bits per heavy atom. The largest absolute Gasteiger partial charge is 0.489 e. The predicted molar refractivity (Wildman–Crippen MR) is 138 cm³/mol. The summed E-state index contributed by atoms with van der Waals surface area (Å²) in [4.78, 5) is 19.3. The number of thioether (sulfide) groups is 1. The molecule has 0 radical (unpaired) electrons. The Kier molecular flexibility index (Phi) is 7.41. The van der Waals surface area contributed by atoms with Gasteiger partial charge in [-0.05, 0) is 67.3 Å². The number of carbonyl (C=O) groups is 1. The third-order valence-electron chi connectivity index (χ3n) is 6.96. The smallest absolute Gasteiger partial charge is 0.417 e. The quantitative estimate of drug-likeness (QED) is 0.299. The Morgan fingerprint density at radius 1 is 1.08 bits per heavy atom. The van der Waals surface area contributed by atoms with Gasteiger partial charge in [-0.3, -0.25) is 4.79 Å². The molecule has 2 aliphatic heterocycles. The molecule has 3 aromatic rings. The summed E-state index contributed by atoms with van der Waals surface area (Å²) in [6, 6.07) is 15.9. The van der Waals surface area contributed by atoms with Crippen LogP contribution in [0.2, 0.25) is 5.02 Å². The van der Waals surface area contributed by atoms with Crippen LogP contribution in [0.5, 0.6) is 5.75 Å². The lowest BCUT2D eigenvalue weighted by atomic mass is 9.98. The Hall–Kier alpha value is -2.71. The number of aromatic nitrogens is 1. The first kappa shape index (κ1) is 25.9. The third-order valence-corrected chi connectivity index (χ3v) is 8.28. The van der Waals surface area contributed by atoms with E-state index in [0.29, 0.717) is 27.1 Å². The fourth-order valence-corrected chi connectivity index (χ4v) is 6.08. The number of piperidine rings is 1. The van der Waals surface area contributed by atoms with Gasteiger partial charge in [0.05, 0.1) is 15.6 Å². The normalized spacial score (nSPS) is 21.2. The van der Waals surface area contributed by atoms with Crippen molar-refractivity contribution in [3.63, 3.8) is 0 Å². The molecule has 2 atom stereocenters. The van der Waals surface area contributed by atoms with E-state index in [1.807, 2.05) is 54.3 Å². The number of nitrogens with zero attached hydrogens (tertiary/aromatic N) is 2. The molecule has 0 aliphatic carbocycles. The predicted octanol–water partition coefficient (Wildman–Crippen LogP) is 7.57. The number of halogens is 4. The summed E-state index contributed by atoms with van der Waals surface area (Å²) < 4.78 is 44.4.